The SMILES string of the molecule is Cc1nc(-c2ccccc2)sc1C(=O)NC1CCC(C(c2ccccc2)N(C)C)CC1. The van der Waals surface area contributed by atoms with Gasteiger partial charge in [0.2, 0.25) is 0 Å². The van der Waals surface area contributed by atoms with E-state index in [1.807, 2.05) is 37.3 Å². The van der Waals surface area contributed by atoms with Gasteiger partial charge >= 0.3 is 0 Å². The molecule has 0 aliphatic heterocycles. The summed E-state index contributed by atoms with van der Waals surface area (Å²) in [4.78, 5) is 20.7. The Morgan fingerprint density at radius 2 is 1.61 bits per heavy atom. The summed E-state index contributed by atoms with van der Waals surface area (Å²) < 4.78 is 0. The maximum Gasteiger partial charge on any atom is 0.263 e. The predicted molar refractivity (Wildman–Crippen MR) is 128 cm³/mol. The van der Waals surface area contributed by atoms with Gasteiger partial charge < -0.3 is 10.2 Å². The third-order valence-corrected chi connectivity index (χ3v) is 7.48. The molecule has 4 nitrogen and oxygen atoms in total. The Labute approximate surface area is 189 Å². The molecule has 31 heavy (non-hydrogen) atoms. The Hall–Kier alpha value is -2.50. The second kappa shape index (κ2) is 9.75. The van der Waals surface area contributed by atoms with Gasteiger partial charge in [0.05, 0.1) is 5.69 Å². The molecule has 0 saturated heterocycles. The summed E-state index contributed by atoms with van der Waals surface area (Å²) in [6, 6.07) is 21.5. The summed E-state index contributed by atoms with van der Waals surface area (Å²) in [5.41, 5.74) is 3.26. The third-order valence-electron chi connectivity index (χ3n) is 6.27. The second-order valence-electron chi connectivity index (χ2n) is 8.70. The van der Waals surface area contributed by atoms with Crippen LogP contribution in [-0.2, 0) is 0 Å². The fourth-order valence-electron chi connectivity index (χ4n) is 4.78. The molecule has 1 saturated carbocycles. The molecule has 5 heteroatoms. The van der Waals surface area contributed by atoms with E-state index in [4.69, 9.17) is 0 Å². The van der Waals surface area contributed by atoms with Gasteiger partial charge in [0.15, 0.2) is 0 Å². The largest absolute Gasteiger partial charge is 0.349 e. The predicted octanol–water partition coefficient (Wildman–Crippen LogP) is 5.71. The highest BCUT2D eigenvalue weighted by molar-refractivity contribution is 7.17. The van der Waals surface area contributed by atoms with Crippen LogP contribution in [0.1, 0.15) is 52.7 Å². The summed E-state index contributed by atoms with van der Waals surface area (Å²) in [5, 5.41) is 4.19. The lowest BCUT2D eigenvalue weighted by Gasteiger charge is -2.37. The molecular weight excluding hydrogens is 402 g/mol. The van der Waals surface area contributed by atoms with Gasteiger partial charge in [-0.05, 0) is 58.2 Å². The molecule has 0 spiro atoms. The summed E-state index contributed by atoms with van der Waals surface area (Å²) in [6.07, 6.45) is 4.30. The lowest BCUT2D eigenvalue weighted by Crippen LogP contribution is -2.39. The number of thiazole rings is 1. The van der Waals surface area contributed by atoms with E-state index in [9.17, 15) is 4.79 Å². The maximum atomic E-state index is 13.0. The fraction of sp³-hybridized carbons (Fsp3) is 0.385. The number of hydrogen-bond acceptors (Lipinski definition) is 4. The first kappa shape index (κ1) is 21.7. The van der Waals surface area contributed by atoms with Crippen molar-refractivity contribution in [1.82, 2.24) is 15.2 Å². The first-order valence-electron chi connectivity index (χ1n) is 11.1. The molecule has 1 unspecified atom stereocenters. The van der Waals surface area contributed by atoms with E-state index in [2.05, 4.69) is 59.6 Å². The van der Waals surface area contributed by atoms with Crippen LogP contribution in [0.15, 0.2) is 60.7 Å². The number of aryl methyl sites for hydroxylation is 1. The Balaban J connectivity index is 1.38. The Morgan fingerprint density at radius 3 is 2.23 bits per heavy atom. The van der Waals surface area contributed by atoms with Gasteiger partial charge in [-0.3, -0.25) is 4.79 Å². The van der Waals surface area contributed by atoms with Crippen LogP contribution in [0.2, 0.25) is 0 Å². The van der Waals surface area contributed by atoms with Crippen LogP contribution in [0, 0.1) is 12.8 Å². The van der Waals surface area contributed by atoms with Crippen molar-refractivity contribution in [3.05, 3.63) is 76.8 Å². The molecule has 2 aromatic carbocycles. The molecule has 4 rings (SSSR count). The van der Waals surface area contributed by atoms with Crippen molar-refractivity contribution in [3.63, 3.8) is 0 Å². The molecule has 1 amide bonds. The zero-order chi connectivity index (χ0) is 21.8. The van der Waals surface area contributed by atoms with Crippen LogP contribution >= 0.6 is 11.3 Å². The van der Waals surface area contributed by atoms with E-state index in [0.29, 0.717) is 12.0 Å². The van der Waals surface area contributed by atoms with Crippen LogP contribution in [-0.4, -0.2) is 35.9 Å². The monoisotopic (exact) mass is 433 g/mol. The van der Waals surface area contributed by atoms with Gasteiger partial charge in [0, 0.05) is 17.6 Å². The zero-order valence-corrected chi connectivity index (χ0v) is 19.4. The van der Waals surface area contributed by atoms with Crippen molar-refractivity contribution < 1.29 is 4.79 Å². The Bertz CT molecular complexity index is 992. The molecule has 1 aliphatic carbocycles. The topological polar surface area (TPSA) is 45.2 Å². The summed E-state index contributed by atoms with van der Waals surface area (Å²) in [5.74, 6) is 0.633. The van der Waals surface area contributed by atoms with Crippen LogP contribution in [0.3, 0.4) is 0 Å². The maximum absolute atomic E-state index is 13.0. The molecule has 3 aromatic rings. The number of amides is 1. The number of nitrogens with one attached hydrogen (secondary N) is 1. The summed E-state index contributed by atoms with van der Waals surface area (Å²) in [6.45, 7) is 1.93. The molecule has 1 aromatic heterocycles. The highest BCUT2D eigenvalue weighted by Crippen LogP contribution is 2.37. The van der Waals surface area contributed by atoms with E-state index < -0.39 is 0 Å². The van der Waals surface area contributed by atoms with Crippen molar-refractivity contribution in [2.45, 2.75) is 44.7 Å². The van der Waals surface area contributed by atoms with Crippen molar-refractivity contribution in [2.75, 3.05) is 14.1 Å². The first-order valence-corrected chi connectivity index (χ1v) is 11.9. The van der Waals surface area contributed by atoms with Gasteiger partial charge in [-0.1, -0.05) is 60.7 Å². The zero-order valence-electron chi connectivity index (χ0n) is 18.5. The molecule has 0 radical (unpaired) electrons. The lowest BCUT2D eigenvalue weighted by molar-refractivity contribution is 0.0910. The van der Waals surface area contributed by atoms with Gasteiger partial charge in [-0.2, -0.15) is 0 Å². The number of aromatic nitrogens is 1. The smallest absolute Gasteiger partial charge is 0.263 e. The minimum Gasteiger partial charge on any atom is -0.349 e. The van der Waals surface area contributed by atoms with Crippen LogP contribution in [0.4, 0.5) is 0 Å². The van der Waals surface area contributed by atoms with E-state index >= 15 is 0 Å². The fourth-order valence-corrected chi connectivity index (χ4v) is 5.76. The van der Waals surface area contributed by atoms with E-state index in [0.717, 1.165) is 46.8 Å². The molecular formula is C26H31N3OS. The minimum atomic E-state index is 0.0212. The van der Waals surface area contributed by atoms with Gasteiger partial charge in [0.1, 0.15) is 9.88 Å². The Kier molecular flexibility index (Phi) is 6.83. The lowest BCUT2D eigenvalue weighted by atomic mass is 9.78. The van der Waals surface area contributed by atoms with E-state index in [-0.39, 0.29) is 11.9 Å². The van der Waals surface area contributed by atoms with Crippen LogP contribution < -0.4 is 5.32 Å². The van der Waals surface area contributed by atoms with Crippen molar-refractivity contribution >= 4 is 17.2 Å². The number of carbonyl (C=O) groups is 1. The highest BCUT2D eigenvalue weighted by atomic mass is 32.1. The van der Waals surface area contributed by atoms with Crippen LogP contribution in [0.5, 0.6) is 0 Å². The van der Waals surface area contributed by atoms with Gasteiger partial charge in [-0.15, -0.1) is 11.3 Å². The summed E-state index contributed by atoms with van der Waals surface area (Å²) in [7, 11) is 4.34. The third kappa shape index (κ3) is 5.05. The first-order chi connectivity index (χ1) is 15.0. The standard InChI is InChI=1S/C26H31N3OS/c1-18-24(31-26(27-18)21-12-8-5-9-13-21)25(30)28-22-16-14-20(15-17-22)23(29(2)3)19-10-6-4-7-11-19/h4-13,20,22-23H,14-17H2,1-3H3,(H,28,30). The number of carbonyl (C=O) groups excluding carboxylic acids is 1. The number of nitrogens with zero attached hydrogens (tertiary/aromatic N) is 2. The molecule has 1 N–H and O–H groups in total. The van der Waals surface area contributed by atoms with Crippen molar-refractivity contribution in [2.24, 2.45) is 5.92 Å². The molecule has 162 valence electrons. The van der Waals surface area contributed by atoms with Crippen molar-refractivity contribution in [3.8, 4) is 10.6 Å². The molecule has 1 aliphatic rings. The molecule has 1 fully saturated rings. The minimum absolute atomic E-state index is 0.0212. The van der Waals surface area contributed by atoms with Gasteiger partial charge in [0.25, 0.3) is 5.91 Å². The highest BCUT2D eigenvalue weighted by Gasteiger charge is 2.31. The quantitative estimate of drug-likeness (QED) is 0.541. The van der Waals surface area contributed by atoms with E-state index in [1.54, 1.807) is 0 Å². The van der Waals surface area contributed by atoms with Crippen molar-refractivity contribution in [1.29, 1.82) is 0 Å². The average Bonchev–Trinajstić information content (AvgIpc) is 3.18. The number of hydrogen-bond donors (Lipinski definition) is 1. The van der Waals surface area contributed by atoms with E-state index in [1.165, 1.54) is 16.9 Å². The van der Waals surface area contributed by atoms with Gasteiger partial charge in [-0.25, -0.2) is 4.98 Å². The number of rotatable bonds is 6. The molecule has 1 atom stereocenters. The molecule has 0 bridgehead atoms. The van der Waals surface area contributed by atoms with Crippen LogP contribution in [0.25, 0.3) is 10.6 Å². The Morgan fingerprint density at radius 1 is 1.00 bits per heavy atom. The normalized spacial score (nSPS) is 19.9. The second-order valence-corrected chi connectivity index (χ2v) is 9.70. The number of benzene rings is 2. The summed E-state index contributed by atoms with van der Waals surface area (Å²) >= 11 is 1.49. The average molecular weight is 434 g/mol. The molecule has 1 heterocycles.